The maximum Gasteiger partial charge on any atom is 0.327 e. The quantitative estimate of drug-likeness (QED) is 0.380. The lowest BCUT2D eigenvalue weighted by Crippen LogP contribution is -2.49. The van der Waals surface area contributed by atoms with Crippen molar-refractivity contribution in [2.75, 3.05) is 13.7 Å². The van der Waals surface area contributed by atoms with Gasteiger partial charge in [0.15, 0.2) is 18.1 Å². The molecule has 9 heteroatoms. The molecule has 0 heterocycles. The number of hydrogen-bond donors (Lipinski definition) is 3. The number of nitrogens with one attached hydrogen (secondary N) is 3. The molecule has 0 atom stereocenters. The van der Waals surface area contributed by atoms with Gasteiger partial charge >= 0.3 is 11.8 Å². The molecule has 0 spiro atoms. The van der Waals surface area contributed by atoms with Crippen LogP contribution in [0.1, 0.15) is 19.4 Å². The predicted octanol–water partition coefficient (Wildman–Crippen LogP) is 0.283. The van der Waals surface area contributed by atoms with Gasteiger partial charge in [0.25, 0.3) is 5.91 Å². The number of methoxy groups -OCH3 is 1. The van der Waals surface area contributed by atoms with E-state index in [1.54, 1.807) is 32.0 Å². The van der Waals surface area contributed by atoms with Gasteiger partial charge in [-0.2, -0.15) is 5.26 Å². The van der Waals surface area contributed by atoms with Crippen molar-refractivity contribution >= 4 is 23.8 Å². The molecule has 0 unspecified atom stereocenters. The van der Waals surface area contributed by atoms with Crippen LogP contribution in [-0.4, -0.2) is 37.5 Å². The van der Waals surface area contributed by atoms with Crippen LogP contribution in [-0.2, 0) is 14.4 Å². The summed E-state index contributed by atoms with van der Waals surface area (Å²) in [6.07, 6.45) is 2.65. The largest absolute Gasteiger partial charge is 0.493 e. The predicted molar refractivity (Wildman–Crippen MR) is 92.7 cm³/mol. The van der Waals surface area contributed by atoms with Gasteiger partial charge < -0.3 is 14.8 Å². The van der Waals surface area contributed by atoms with Crippen molar-refractivity contribution in [2.45, 2.75) is 19.9 Å². The van der Waals surface area contributed by atoms with E-state index >= 15 is 0 Å². The zero-order chi connectivity index (χ0) is 19.5. The highest BCUT2D eigenvalue weighted by Crippen LogP contribution is 2.28. The van der Waals surface area contributed by atoms with Crippen LogP contribution in [0.5, 0.6) is 11.5 Å². The molecule has 0 fully saturated rings. The topological polar surface area (TPSA) is 130 Å². The molecule has 0 saturated heterocycles. The number of amides is 3. The van der Waals surface area contributed by atoms with Crippen molar-refractivity contribution in [2.24, 2.45) is 0 Å². The van der Waals surface area contributed by atoms with Crippen molar-refractivity contribution in [3.8, 4) is 17.6 Å². The third-order valence-electron chi connectivity index (χ3n) is 2.83. The Kier molecular flexibility index (Phi) is 8.16. The summed E-state index contributed by atoms with van der Waals surface area (Å²) < 4.78 is 10.4. The van der Waals surface area contributed by atoms with Crippen LogP contribution in [0.3, 0.4) is 0 Å². The first-order valence-corrected chi connectivity index (χ1v) is 7.64. The highest BCUT2D eigenvalue weighted by molar-refractivity contribution is 6.35. The standard InChI is InChI=1S/C17H20N4O5/c1-11(2)19-16(23)17(24)21-20-15(22)7-5-12-4-6-13(26-9-8-18)14(10-12)25-3/h4-7,10-11H,9H2,1-3H3,(H,19,23)(H,20,22)(H,21,24)/b7-5+. The average Bonchev–Trinajstić information content (AvgIpc) is 2.62. The van der Waals surface area contributed by atoms with Crippen molar-refractivity contribution in [1.82, 2.24) is 16.2 Å². The number of hydrogen-bond acceptors (Lipinski definition) is 6. The van der Waals surface area contributed by atoms with Crippen LogP contribution in [0.2, 0.25) is 0 Å². The van der Waals surface area contributed by atoms with Gasteiger partial charge in [-0.25, -0.2) is 0 Å². The smallest absolute Gasteiger partial charge is 0.327 e. The molecule has 0 bridgehead atoms. The van der Waals surface area contributed by atoms with E-state index in [4.69, 9.17) is 14.7 Å². The summed E-state index contributed by atoms with van der Waals surface area (Å²) in [6, 6.07) is 6.54. The Labute approximate surface area is 150 Å². The number of nitriles is 1. The van der Waals surface area contributed by atoms with Gasteiger partial charge in [0.1, 0.15) is 6.07 Å². The number of hydrazine groups is 1. The van der Waals surface area contributed by atoms with Crippen LogP contribution in [0.4, 0.5) is 0 Å². The molecule has 3 N–H and O–H groups in total. The summed E-state index contributed by atoms with van der Waals surface area (Å²) in [5, 5.41) is 10.9. The molecule has 1 aromatic carbocycles. The molecule has 0 aliphatic rings. The molecular weight excluding hydrogens is 340 g/mol. The second-order valence-corrected chi connectivity index (χ2v) is 5.26. The van der Waals surface area contributed by atoms with E-state index in [1.165, 1.54) is 19.3 Å². The number of nitrogens with zero attached hydrogens (tertiary/aromatic N) is 1. The summed E-state index contributed by atoms with van der Waals surface area (Å²) in [5.41, 5.74) is 4.73. The second kappa shape index (κ2) is 10.4. The third-order valence-corrected chi connectivity index (χ3v) is 2.83. The SMILES string of the molecule is COc1cc(/C=C/C(=O)NNC(=O)C(=O)NC(C)C)ccc1OCC#N. The molecule has 9 nitrogen and oxygen atoms in total. The van der Waals surface area contributed by atoms with E-state index in [0.717, 1.165) is 0 Å². The Balaban J connectivity index is 2.61. The highest BCUT2D eigenvalue weighted by atomic mass is 16.5. The highest BCUT2D eigenvalue weighted by Gasteiger charge is 2.14. The Bertz CT molecular complexity index is 737. The lowest BCUT2D eigenvalue weighted by Gasteiger charge is -2.09. The summed E-state index contributed by atoms with van der Waals surface area (Å²) in [4.78, 5) is 34.5. The molecule has 0 saturated carbocycles. The fraction of sp³-hybridized carbons (Fsp3) is 0.294. The molecule has 0 aliphatic carbocycles. The molecule has 138 valence electrons. The summed E-state index contributed by atoms with van der Waals surface area (Å²) in [7, 11) is 1.45. The fourth-order valence-electron chi connectivity index (χ4n) is 1.73. The maximum atomic E-state index is 11.7. The molecule has 0 aromatic heterocycles. The summed E-state index contributed by atoms with van der Waals surface area (Å²) in [5.74, 6) is -1.64. The Hall–Kier alpha value is -3.54. The van der Waals surface area contributed by atoms with Crippen LogP contribution in [0, 0.1) is 11.3 Å². The zero-order valence-corrected chi connectivity index (χ0v) is 14.7. The van der Waals surface area contributed by atoms with Crippen molar-refractivity contribution in [3.05, 3.63) is 29.8 Å². The summed E-state index contributed by atoms with van der Waals surface area (Å²) >= 11 is 0. The van der Waals surface area contributed by atoms with E-state index in [-0.39, 0.29) is 12.6 Å². The Morgan fingerprint density at radius 1 is 1.19 bits per heavy atom. The molecular formula is C17H20N4O5. The van der Waals surface area contributed by atoms with E-state index < -0.39 is 17.7 Å². The van der Waals surface area contributed by atoms with Crippen molar-refractivity contribution in [1.29, 1.82) is 5.26 Å². The molecule has 1 aromatic rings. The van der Waals surface area contributed by atoms with Crippen LogP contribution in [0.15, 0.2) is 24.3 Å². The molecule has 26 heavy (non-hydrogen) atoms. The minimum atomic E-state index is -0.971. The van der Waals surface area contributed by atoms with E-state index in [2.05, 4.69) is 10.7 Å². The molecule has 0 aliphatic heterocycles. The number of rotatable bonds is 6. The first kappa shape index (κ1) is 20.5. The van der Waals surface area contributed by atoms with Crippen LogP contribution in [0.25, 0.3) is 6.08 Å². The van der Waals surface area contributed by atoms with Gasteiger partial charge in [0.2, 0.25) is 0 Å². The maximum absolute atomic E-state index is 11.7. The normalized spacial score (nSPS) is 10.1. The van der Waals surface area contributed by atoms with Crippen LogP contribution < -0.4 is 25.6 Å². The van der Waals surface area contributed by atoms with Gasteiger partial charge in [0, 0.05) is 12.1 Å². The lowest BCUT2D eigenvalue weighted by molar-refractivity contribution is -0.140. The Morgan fingerprint density at radius 3 is 2.54 bits per heavy atom. The third kappa shape index (κ3) is 6.92. The average molecular weight is 360 g/mol. The zero-order valence-electron chi connectivity index (χ0n) is 14.7. The first-order valence-electron chi connectivity index (χ1n) is 7.64. The van der Waals surface area contributed by atoms with Crippen molar-refractivity contribution in [3.63, 3.8) is 0 Å². The van der Waals surface area contributed by atoms with E-state index in [0.29, 0.717) is 17.1 Å². The number of ether oxygens (including phenoxy) is 2. The molecule has 3 amide bonds. The minimum Gasteiger partial charge on any atom is -0.493 e. The van der Waals surface area contributed by atoms with Gasteiger partial charge in [-0.1, -0.05) is 6.07 Å². The monoisotopic (exact) mass is 360 g/mol. The molecule has 0 radical (unpaired) electrons. The van der Waals surface area contributed by atoms with Crippen LogP contribution >= 0.6 is 0 Å². The fourth-order valence-corrected chi connectivity index (χ4v) is 1.73. The lowest BCUT2D eigenvalue weighted by atomic mass is 10.2. The number of carbonyl (C=O) groups excluding carboxylic acids is 3. The summed E-state index contributed by atoms with van der Waals surface area (Å²) in [6.45, 7) is 3.30. The van der Waals surface area contributed by atoms with Gasteiger partial charge in [-0.3, -0.25) is 25.2 Å². The number of carbonyl (C=O) groups is 3. The van der Waals surface area contributed by atoms with E-state index in [1.807, 2.05) is 11.5 Å². The first-order chi connectivity index (χ1) is 12.4. The van der Waals surface area contributed by atoms with E-state index in [9.17, 15) is 14.4 Å². The Morgan fingerprint density at radius 2 is 1.92 bits per heavy atom. The number of benzene rings is 1. The van der Waals surface area contributed by atoms with Gasteiger partial charge in [0.05, 0.1) is 7.11 Å². The minimum absolute atomic E-state index is 0.113. The van der Waals surface area contributed by atoms with Gasteiger partial charge in [-0.05, 0) is 37.6 Å². The second-order valence-electron chi connectivity index (χ2n) is 5.26. The molecule has 1 rings (SSSR count). The van der Waals surface area contributed by atoms with Gasteiger partial charge in [-0.15, -0.1) is 0 Å². The van der Waals surface area contributed by atoms with Crippen molar-refractivity contribution < 1.29 is 23.9 Å².